The fraction of sp³-hybridized carbons (Fsp3) is 0.333. The van der Waals surface area contributed by atoms with Crippen molar-refractivity contribution in [1.29, 1.82) is 0 Å². The third-order valence-electron chi connectivity index (χ3n) is 2.14. The van der Waals surface area contributed by atoms with E-state index in [1.54, 1.807) is 0 Å². The van der Waals surface area contributed by atoms with Crippen LogP contribution in [0.4, 0.5) is 0 Å². The first-order valence-corrected chi connectivity index (χ1v) is 5.48. The van der Waals surface area contributed by atoms with Crippen LogP contribution in [0.2, 0.25) is 0 Å². The first kappa shape index (κ1) is 11.5. The molecule has 76 valence electrons. The van der Waals surface area contributed by atoms with Gasteiger partial charge in [-0.05, 0) is 49.1 Å². The van der Waals surface area contributed by atoms with E-state index in [9.17, 15) is 0 Å². The minimum absolute atomic E-state index is 0.213. The fourth-order valence-corrected chi connectivity index (χ4v) is 2.15. The first-order chi connectivity index (χ1) is 6.65. The van der Waals surface area contributed by atoms with Crippen LogP contribution in [0.15, 0.2) is 22.7 Å². The van der Waals surface area contributed by atoms with Crippen LogP contribution in [-0.4, -0.2) is 11.7 Å². The molecule has 0 fully saturated rings. The Morgan fingerprint density at radius 1 is 1.29 bits per heavy atom. The lowest BCUT2D eigenvalue weighted by molar-refractivity contribution is 0.303. The molecule has 0 radical (unpaired) electrons. The summed E-state index contributed by atoms with van der Waals surface area (Å²) < 4.78 is 1.12. The van der Waals surface area contributed by atoms with Gasteiger partial charge in [0.25, 0.3) is 0 Å². The van der Waals surface area contributed by atoms with Crippen LogP contribution in [0.25, 0.3) is 6.08 Å². The number of halogens is 1. The Labute approximate surface area is 93.6 Å². The monoisotopic (exact) mass is 254 g/mol. The average molecular weight is 255 g/mol. The maximum Gasteiger partial charge on any atom is 0.0465 e. The van der Waals surface area contributed by atoms with Crippen molar-refractivity contribution in [2.75, 3.05) is 6.61 Å². The van der Waals surface area contributed by atoms with Crippen molar-refractivity contribution in [2.24, 2.45) is 0 Å². The third-order valence-corrected chi connectivity index (χ3v) is 2.60. The summed E-state index contributed by atoms with van der Waals surface area (Å²) in [7, 11) is 0. The minimum atomic E-state index is 0.213. The number of benzene rings is 1. The van der Waals surface area contributed by atoms with Crippen LogP contribution >= 0.6 is 15.9 Å². The smallest absolute Gasteiger partial charge is 0.0465 e. The zero-order chi connectivity index (χ0) is 10.6. The Morgan fingerprint density at radius 2 is 1.86 bits per heavy atom. The molecule has 0 spiro atoms. The second kappa shape index (κ2) is 5.32. The number of aliphatic hydroxyl groups is 1. The Hall–Kier alpha value is -0.600. The molecule has 0 aliphatic heterocycles. The second-order valence-corrected chi connectivity index (χ2v) is 4.28. The lowest BCUT2D eigenvalue weighted by Crippen LogP contribution is -1.87. The normalized spacial score (nSPS) is 11.1. The Balaban J connectivity index is 2.96. The zero-order valence-corrected chi connectivity index (χ0v) is 10.1. The van der Waals surface area contributed by atoms with E-state index in [4.69, 9.17) is 5.11 Å². The van der Waals surface area contributed by atoms with Crippen molar-refractivity contribution >= 4 is 22.0 Å². The molecule has 0 unspecified atom stereocenters. The maximum absolute atomic E-state index is 8.67. The van der Waals surface area contributed by atoms with Gasteiger partial charge in [0.15, 0.2) is 0 Å². The van der Waals surface area contributed by atoms with E-state index in [0.717, 1.165) is 10.9 Å². The average Bonchev–Trinajstić information content (AvgIpc) is 2.09. The van der Waals surface area contributed by atoms with Gasteiger partial charge in [-0.15, -0.1) is 0 Å². The molecule has 2 heteroatoms. The molecule has 1 rings (SSSR count). The lowest BCUT2D eigenvalue weighted by atomic mass is 10.0. The number of hydrogen-bond donors (Lipinski definition) is 1. The highest BCUT2D eigenvalue weighted by molar-refractivity contribution is 9.10. The van der Waals surface area contributed by atoms with E-state index in [2.05, 4.69) is 48.0 Å². The van der Waals surface area contributed by atoms with Crippen LogP contribution < -0.4 is 0 Å². The van der Waals surface area contributed by atoms with Crippen molar-refractivity contribution in [2.45, 2.75) is 20.3 Å². The van der Waals surface area contributed by atoms with Crippen LogP contribution in [0.3, 0.4) is 0 Å². The molecule has 1 aromatic carbocycles. The number of aliphatic hydroxyl groups excluding tert-OH is 1. The Morgan fingerprint density at radius 3 is 2.36 bits per heavy atom. The van der Waals surface area contributed by atoms with Gasteiger partial charge < -0.3 is 5.11 Å². The fourth-order valence-electron chi connectivity index (χ4n) is 1.46. The molecule has 0 aliphatic rings. The molecule has 0 saturated heterocycles. The van der Waals surface area contributed by atoms with Crippen LogP contribution in [0, 0.1) is 13.8 Å². The van der Waals surface area contributed by atoms with Gasteiger partial charge in [0.1, 0.15) is 0 Å². The Kier molecular flexibility index (Phi) is 4.36. The number of aryl methyl sites for hydroxylation is 2. The lowest BCUT2D eigenvalue weighted by Gasteiger charge is -2.05. The van der Waals surface area contributed by atoms with Gasteiger partial charge in [-0.2, -0.15) is 0 Å². The van der Waals surface area contributed by atoms with E-state index >= 15 is 0 Å². The van der Waals surface area contributed by atoms with Crippen LogP contribution in [0.1, 0.15) is 23.1 Å². The molecule has 0 amide bonds. The van der Waals surface area contributed by atoms with E-state index < -0.39 is 0 Å². The summed E-state index contributed by atoms with van der Waals surface area (Å²) in [5, 5.41) is 8.67. The second-order valence-electron chi connectivity index (χ2n) is 3.37. The number of hydrogen-bond acceptors (Lipinski definition) is 1. The number of rotatable bonds is 3. The molecule has 0 aliphatic carbocycles. The molecular weight excluding hydrogens is 240 g/mol. The zero-order valence-electron chi connectivity index (χ0n) is 8.55. The van der Waals surface area contributed by atoms with Gasteiger partial charge in [-0.1, -0.05) is 28.1 Å². The maximum atomic E-state index is 8.67. The van der Waals surface area contributed by atoms with Crippen molar-refractivity contribution < 1.29 is 5.11 Å². The van der Waals surface area contributed by atoms with Gasteiger partial charge in [-0.3, -0.25) is 0 Å². The van der Waals surface area contributed by atoms with Gasteiger partial charge >= 0.3 is 0 Å². The summed E-state index contributed by atoms with van der Waals surface area (Å²) in [6.45, 7) is 4.40. The van der Waals surface area contributed by atoms with E-state index in [-0.39, 0.29) is 6.61 Å². The third kappa shape index (κ3) is 2.96. The SMILES string of the molecule is Cc1cc(Br)cc(C)c1C=CCCO. The summed E-state index contributed by atoms with van der Waals surface area (Å²) in [4.78, 5) is 0. The summed E-state index contributed by atoms with van der Waals surface area (Å²) in [5.41, 5.74) is 3.76. The summed E-state index contributed by atoms with van der Waals surface area (Å²) in [6.07, 6.45) is 4.80. The molecule has 1 aromatic rings. The van der Waals surface area contributed by atoms with Crippen molar-refractivity contribution in [3.63, 3.8) is 0 Å². The van der Waals surface area contributed by atoms with Gasteiger partial charge in [-0.25, -0.2) is 0 Å². The quantitative estimate of drug-likeness (QED) is 0.876. The van der Waals surface area contributed by atoms with Crippen molar-refractivity contribution in [3.05, 3.63) is 39.4 Å². The topological polar surface area (TPSA) is 20.2 Å². The van der Waals surface area contributed by atoms with Gasteiger partial charge in [0.05, 0.1) is 0 Å². The van der Waals surface area contributed by atoms with Gasteiger partial charge in [0, 0.05) is 11.1 Å². The molecular formula is C12H15BrO. The summed E-state index contributed by atoms with van der Waals surface area (Å²) >= 11 is 3.46. The molecule has 0 saturated carbocycles. The summed E-state index contributed by atoms with van der Waals surface area (Å²) in [6, 6.07) is 4.21. The molecule has 1 nitrogen and oxygen atoms in total. The summed E-state index contributed by atoms with van der Waals surface area (Å²) in [5.74, 6) is 0. The van der Waals surface area contributed by atoms with E-state index in [1.165, 1.54) is 16.7 Å². The highest BCUT2D eigenvalue weighted by Crippen LogP contribution is 2.21. The van der Waals surface area contributed by atoms with Gasteiger partial charge in [0.2, 0.25) is 0 Å². The van der Waals surface area contributed by atoms with Crippen LogP contribution in [-0.2, 0) is 0 Å². The predicted molar refractivity (Wildman–Crippen MR) is 64.4 cm³/mol. The molecule has 14 heavy (non-hydrogen) atoms. The largest absolute Gasteiger partial charge is 0.396 e. The highest BCUT2D eigenvalue weighted by Gasteiger charge is 2.00. The van der Waals surface area contributed by atoms with Crippen LogP contribution in [0.5, 0.6) is 0 Å². The molecule has 0 bridgehead atoms. The van der Waals surface area contributed by atoms with Crippen molar-refractivity contribution in [1.82, 2.24) is 0 Å². The Bertz CT molecular complexity index is 319. The predicted octanol–water partition coefficient (Wildman–Crippen LogP) is 3.46. The van der Waals surface area contributed by atoms with Crippen molar-refractivity contribution in [3.8, 4) is 0 Å². The van der Waals surface area contributed by atoms with E-state index in [1.807, 2.05) is 6.08 Å². The minimum Gasteiger partial charge on any atom is -0.396 e. The first-order valence-electron chi connectivity index (χ1n) is 4.69. The molecule has 0 aromatic heterocycles. The van der Waals surface area contributed by atoms with E-state index in [0.29, 0.717) is 0 Å². The standard InChI is InChI=1S/C12H15BrO/c1-9-7-11(13)8-10(2)12(9)5-3-4-6-14/h3,5,7-8,14H,4,6H2,1-2H3. The highest BCUT2D eigenvalue weighted by atomic mass is 79.9. The molecule has 0 atom stereocenters. The molecule has 1 N–H and O–H groups in total. The molecule has 0 heterocycles.